The van der Waals surface area contributed by atoms with E-state index in [1.807, 2.05) is 0 Å². The number of halogens is 4. The highest BCUT2D eigenvalue weighted by atomic mass is 35.5. The molecule has 0 radical (unpaired) electrons. The number of benzene rings is 1. The molecule has 0 aliphatic rings. The molecular formula is C12H5Cl4NO2. The number of pyridine rings is 1. The zero-order chi connectivity index (χ0) is 14.2. The Bertz CT molecular complexity index is 650. The van der Waals surface area contributed by atoms with Gasteiger partial charge in [0, 0.05) is 16.8 Å². The van der Waals surface area contributed by atoms with E-state index in [2.05, 4.69) is 4.98 Å². The van der Waals surface area contributed by atoms with Crippen LogP contribution in [0.5, 0.6) is 0 Å². The number of carboxylic acid groups (broad SMARTS) is 1. The van der Waals surface area contributed by atoms with E-state index in [0.29, 0.717) is 10.6 Å². The first-order valence-electron chi connectivity index (χ1n) is 4.94. The molecule has 0 atom stereocenters. The molecule has 1 N–H and O–H groups in total. The van der Waals surface area contributed by atoms with Gasteiger partial charge >= 0.3 is 5.97 Å². The van der Waals surface area contributed by atoms with E-state index in [4.69, 9.17) is 46.4 Å². The van der Waals surface area contributed by atoms with Gasteiger partial charge < -0.3 is 5.11 Å². The second-order valence-corrected chi connectivity index (χ2v) is 5.29. The molecule has 0 aliphatic heterocycles. The molecule has 0 amide bonds. The number of nitrogens with zero attached hydrogens (tertiary/aromatic N) is 1. The molecule has 98 valence electrons. The molecule has 0 spiro atoms. The molecule has 1 aromatic heterocycles. The van der Waals surface area contributed by atoms with E-state index < -0.39 is 5.97 Å². The van der Waals surface area contributed by atoms with E-state index in [1.165, 1.54) is 24.4 Å². The van der Waals surface area contributed by atoms with Crippen molar-refractivity contribution in [2.45, 2.75) is 0 Å². The average Bonchev–Trinajstić information content (AvgIpc) is 2.29. The lowest BCUT2D eigenvalue weighted by Crippen LogP contribution is -2.02. The quantitative estimate of drug-likeness (QED) is 0.833. The van der Waals surface area contributed by atoms with Gasteiger partial charge in [0.05, 0.1) is 26.3 Å². The minimum absolute atomic E-state index is 0.0846. The second-order valence-electron chi connectivity index (χ2n) is 3.60. The minimum atomic E-state index is -1.17. The van der Waals surface area contributed by atoms with Crippen molar-refractivity contribution in [3.05, 3.63) is 50.0 Å². The van der Waals surface area contributed by atoms with Crippen molar-refractivity contribution in [1.29, 1.82) is 0 Å². The summed E-state index contributed by atoms with van der Waals surface area (Å²) in [5, 5.41) is 10.2. The van der Waals surface area contributed by atoms with Gasteiger partial charge in [-0.15, -0.1) is 0 Å². The number of hydrogen-bond donors (Lipinski definition) is 1. The standard InChI is InChI=1S/C12H5Cl4NO2/c13-5-2-8(15)10(9(16)3-5)11-7(12(18)19)1-6(14)4-17-11/h1-4H,(H,18,19). The SMILES string of the molecule is O=C(O)c1cc(Cl)cnc1-c1c(Cl)cc(Cl)cc1Cl. The zero-order valence-corrected chi connectivity index (χ0v) is 12.1. The molecule has 0 saturated heterocycles. The predicted octanol–water partition coefficient (Wildman–Crippen LogP) is 5.06. The Hall–Kier alpha value is -1.000. The molecule has 2 aromatic rings. The van der Waals surface area contributed by atoms with Crippen LogP contribution < -0.4 is 0 Å². The van der Waals surface area contributed by atoms with Gasteiger partial charge in [0.2, 0.25) is 0 Å². The van der Waals surface area contributed by atoms with Crippen LogP contribution in [0, 0.1) is 0 Å². The van der Waals surface area contributed by atoms with Gasteiger partial charge in [-0.3, -0.25) is 4.98 Å². The maximum absolute atomic E-state index is 11.2. The molecule has 1 aromatic carbocycles. The van der Waals surface area contributed by atoms with Crippen LogP contribution in [-0.4, -0.2) is 16.1 Å². The van der Waals surface area contributed by atoms with Crippen LogP contribution in [0.15, 0.2) is 24.4 Å². The normalized spacial score (nSPS) is 10.5. The summed E-state index contributed by atoms with van der Waals surface area (Å²) in [5.41, 5.74) is 0.365. The minimum Gasteiger partial charge on any atom is -0.478 e. The van der Waals surface area contributed by atoms with Crippen molar-refractivity contribution in [2.24, 2.45) is 0 Å². The van der Waals surface area contributed by atoms with Crippen molar-refractivity contribution >= 4 is 52.4 Å². The van der Waals surface area contributed by atoms with Crippen LogP contribution in [0.4, 0.5) is 0 Å². The summed E-state index contributed by atoms with van der Waals surface area (Å²) in [5.74, 6) is -1.17. The lowest BCUT2D eigenvalue weighted by Gasteiger charge is -2.10. The maximum Gasteiger partial charge on any atom is 0.337 e. The molecule has 19 heavy (non-hydrogen) atoms. The summed E-state index contributed by atoms with van der Waals surface area (Å²) in [4.78, 5) is 15.2. The highest BCUT2D eigenvalue weighted by molar-refractivity contribution is 6.42. The van der Waals surface area contributed by atoms with Crippen molar-refractivity contribution in [3.8, 4) is 11.3 Å². The molecule has 0 unspecified atom stereocenters. The van der Waals surface area contributed by atoms with Gasteiger partial charge in [-0.2, -0.15) is 0 Å². The van der Waals surface area contributed by atoms with E-state index in [0.717, 1.165) is 0 Å². The number of aromatic nitrogens is 1. The Morgan fingerprint density at radius 1 is 1.00 bits per heavy atom. The third kappa shape index (κ3) is 2.95. The summed E-state index contributed by atoms with van der Waals surface area (Å²) >= 11 is 23.7. The summed E-state index contributed by atoms with van der Waals surface area (Å²) < 4.78 is 0. The first kappa shape index (κ1) is 14.4. The van der Waals surface area contributed by atoms with Gasteiger partial charge in [-0.25, -0.2) is 4.79 Å². The molecule has 1 heterocycles. The van der Waals surface area contributed by atoms with Crippen molar-refractivity contribution in [2.75, 3.05) is 0 Å². The summed E-state index contributed by atoms with van der Waals surface area (Å²) in [6, 6.07) is 4.21. The molecular weight excluding hydrogens is 332 g/mol. The molecule has 3 nitrogen and oxygen atoms in total. The van der Waals surface area contributed by atoms with Crippen LogP contribution in [0.25, 0.3) is 11.3 Å². The smallest absolute Gasteiger partial charge is 0.337 e. The van der Waals surface area contributed by atoms with Crippen LogP contribution in [0.1, 0.15) is 10.4 Å². The van der Waals surface area contributed by atoms with Gasteiger partial charge in [0.1, 0.15) is 0 Å². The van der Waals surface area contributed by atoms with E-state index in [9.17, 15) is 9.90 Å². The third-order valence-electron chi connectivity index (χ3n) is 2.33. The van der Waals surface area contributed by atoms with Gasteiger partial charge in [-0.05, 0) is 18.2 Å². The van der Waals surface area contributed by atoms with Crippen LogP contribution >= 0.6 is 46.4 Å². The van der Waals surface area contributed by atoms with Gasteiger partial charge in [-0.1, -0.05) is 46.4 Å². The Morgan fingerprint density at radius 3 is 2.11 bits per heavy atom. The number of hydrogen-bond acceptors (Lipinski definition) is 2. The van der Waals surface area contributed by atoms with Crippen molar-refractivity contribution in [1.82, 2.24) is 4.98 Å². The Balaban J connectivity index is 2.76. The second kappa shape index (κ2) is 5.55. The Morgan fingerprint density at radius 2 is 1.58 bits per heavy atom. The van der Waals surface area contributed by atoms with Crippen molar-refractivity contribution in [3.63, 3.8) is 0 Å². The predicted molar refractivity (Wildman–Crippen MR) is 76.7 cm³/mol. The number of carboxylic acids is 1. The topological polar surface area (TPSA) is 50.2 Å². The largest absolute Gasteiger partial charge is 0.478 e. The van der Waals surface area contributed by atoms with Crippen molar-refractivity contribution < 1.29 is 9.90 Å². The van der Waals surface area contributed by atoms with Gasteiger partial charge in [0.25, 0.3) is 0 Å². The monoisotopic (exact) mass is 335 g/mol. The first-order chi connectivity index (χ1) is 8.90. The lowest BCUT2D eigenvalue weighted by atomic mass is 10.1. The number of rotatable bonds is 2. The van der Waals surface area contributed by atoms with E-state index >= 15 is 0 Å². The number of carbonyl (C=O) groups is 1. The molecule has 0 fully saturated rings. The first-order valence-corrected chi connectivity index (χ1v) is 6.45. The van der Waals surface area contributed by atoms with Crippen LogP contribution in [0.3, 0.4) is 0 Å². The fourth-order valence-corrected chi connectivity index (χ4v) is 2.72. The number of aromatic carboxylic acids is 1. The summed E-state index contributed by atoms with van der Waals surface area (Å²) in [6.45, 7) is 0. The zero-order valence-electron chi connectivity index (χ0n) is 9.12. The molecule has 0 aliphatic carbocycles. The fraction of sp³-hybridized carbons (Fsp3) is 0. The highest BCUT2D eigenvalue weighted by Gasteiger charge is 2.19. The van der Waals surface area contributed by atoms with Crippen LogP contribution in [-0.2, 0) is 0 Å². The fourth-order valence-electron chi connectivity index (χ4n) is 1.57. The van der Waals surface area contributed by atoms with Gasteiger partial charge in [0.15, 0.2) is 0 Å². The Labute approximate surface area is 128 Å². The summed E-state index contributed by atoms with van der Waals surface area (Å²) in [6.07, 6.45) is 1.32. The molecule has 7 heteroatoms. The maximum atomic E-state index is 11.2. The highest BCUT2D eigenvalue weighted by Crippen LogP contribution is 2.38. The average molecular weight is 337 g/mol. The molecule has 0 saturated carbocycles. The lowest BCUT2D eigenvalue weighted by molar-refractivity contribution is 0.0697. The van der Waals surface area contributed by atoms with Crippen LogP contribution in [0.2, 0.25) is 20.1 Å². The molecule has 2 rings (SSSR count). The summed E-state index contributed by atoms with van der Waals surface area (Å²) in [7, 11) is 0. The van der Waals surface area contributed by atoms with E-state index in [1.54, 1.807) is 0 Å². The molecule has 0 bridgehead atoms. The Kier molecular flexibility index (Phi) is 4.21. The van der Waals surface area contributed by atoms with E-state index in [-0.39, 0.29) is 26.3 Å². The third-order valence-corrected chi connectivity index (χ3v) is 3.35.